The first-order chi connectivity index (χ1) is 11.5. The van der Waals surface area contributed by atoms with Gasteiger partial charge in [0.2, 0.25) is 0 Å². The van der Waals surface area contributed by atoms with Crippen molar-refractivity contribution in [3.05, 3.63) is 59.5 Å². The van der Waals surface area contributed by atoms with Gasteiger partial charge in [-0.2, -0.15) is 0 Å². The zero-order chi connectivity index (χ0) is 17.3. The minimum atomic E-state index is -0.304. The molecule has 1 aromatic carbocycles. The number of carbonyl (C=O) groups excluding carboxylic acids is 1. The van der Waals surface area contributed by atoms with E-state index in [2.05, 4.69) is 4.98 Å². The molecule has 1 atom stereocenters. The van der Waals surface area contributed by atoms with Gasteiger partial charge in [-0.15, -0.1) is 0 Å². The molecule has 1 aliphatic carbocycles. The van der Waals surface area contributed by atoms with Crippen molar-refractivity contribution in [2.75, 3.05) is 19.0 Å². The van der Waals surface area contributed by atoms with Gasteiger partial charge in [-0.3, -0.25) is 4.79 Å². The molecule has 0 bridgehead atoms. The highest BCUT2D eigenvalue weighted by atomic mass is 19.1. The number of amides is 1. The van der Waals surface area contributed by atoms with Crippen LogP contribution in [0.2, 0.25) is 0 Å². The number of pyridine rings is 1. The van der Waals surface area contributed by atoms with Crippen LogP contribution in [-0.2, 0) is 0 Å². The summed E-state index contributed by atoms with van der Waals surface area (Å²) in [6.07, 6.45) is 3.58. The summed E-state index contributed by atoms with van der Waals surface area (Å²) in [5.74, 6) is 0.390. The van der Waals surface area contributed by atoms with Crippen LogP contribution in [0.4, 0.5) is 10.2 Å². The smallest absolute Gasteiger partial charge is 0.254 e. The largest absolute Gasteiger partial charge is 0.363 e. The van der Waals surface area contributed by atoms with Gasteiger partial charge in [-0.1, -0.05) is 18.2 Å². The van der Waals surface area contributed by atoms with Crippen molar-refractivity contribution >= 4 is 11.7 Å². The molecule has 0 saturated heterocycles. The van der Waals surface area contributed by atoms with Crippen LogP contribution in [0.5, 0.6) is 0 Å². The van der Waals surface area contributed by atoms with Crippen LogP contribution >= 0.6 is 0 Å². The molecule has 1 aliphatic rings. The first kappa shape index (κ1) is 16.4. The lowest BCUT2D eigenvalue weighted by molar-refractivity contribution is 0.0671. The number of nitrogens with zero attached hydrogens (tertiary/aromatic N) is 3. The van der Waals surface area contributed by atoms with Crippen molar-refractivity contribution in [3.8, 4) is 0 Å². The molecule has 0 aliphatic heterocycles. The van der Waals surface area contributed by atoms with Crippen molar-refractivity contribution in [3.63, 3.8) is 0 Å². The molecule has 1 aromatic heterocycles. The maximum absolute atomic E-state index is 14.2. The molecule has 0 spiro atoms. The second kappa shape index (κ2) is 6.59. The molecule has 1 heterocycles. The van der Waals surface area contributed by atoms with Crippen LogP contribution in [-0.4, -0.2) is 35.9 Å². The molecule has 1 unspecified atom stereocenters. The fourth-order valence-corrected chi connectivity index (χ4v) is 2.92. The van der Waals surface area contributed by atoms with Gasteiger partial charge in [0, 0.05) is 37.5 Å². The molecule has 0 N–H and O–H groups in total. The quantitative estimate of drug-likeness (QED) is 0.841. The predicted molar refractivity (Wildman–Crippen MR) is 92.6 cm³/mol. The molecule has 0 radical (unpaired) electrons. The average Bonchev–Trinajstić information content (AvgIpc) is 3.40. The Morgan fingerprint density at radius 2 is 1.96 bits per heavy atom. The van der Waals surface area contributed by atoms with Gasteiger partial charge in [0.25, 0.3) is 5.91 Å². The third kappa shape index (κ3) is 3.25. The highest BCUT2D eigenvalue weighted by molar-refractivity contribution is 5.95. The van der Waals surface area contributed by atoms with E-state index in [1.54, 1.807) is 36.5 Å². The Morgan fingerprint density at radius 3 is 2.58 bits per heavy atom. The zero-order valence-electron chi connectivity index (χ0n) is 14.2. The maximum Gasteiger partial charge on any atom is 0.254 e. The normalized spacial score (nSPS) is 15.0. The molecule has 1 saturated carbocycles. The van der Waals surface area contributed by atoms with Gasteiger partial charge in [0.05, 0.1) is 6.04 Å². The van der Waals surface area contributed by atoms with E-state index in [1.807, 2.05) is 30.8 Å². The predicted octanol–water partition coefficient (Wildman–Crippen LogP) is 3.65. The van der Waals surface area contributed by atoms with Crippen LogP contribution in [0.3, 0.4) is 0 Å². The zero-order valence-corrected chi connectivity index (χ0v) is 14.2. The average molecular weight is 327 g/mol. The Morgan fingerprint density at radius 1 is 1.25 bits per heavy atom. The Hall–Kier alpha value is -2.43. The van der Waals surface area contributed by atoms with E-state index in [1.165, 1.54) is 6.07 Å². The summed E-state index contributed by atoms with van der Waals surface area (Å²) in [4.78, 5) is 21.0. The summed E-state index contributed by atoms with van der Waals surface area (Å²) in [6, 6.07) is 10.1. The molecule has 1 fully saturated rings. The minimum absolute atomic E-state index is 0.0706. The number of hydrogen-bond donors (Lipinski definition) is 0. The molecule has 3 rings (SSSR count). The third-order valence-electron chi connectivity index (χ3n) is 4.40. The Balaban J connectivity index is 1.92. The van der Waals surface area contributed by atoms with Crippen molar-refractivity contribution in [1.29, 1.82) is 0 Å². The van der Waals surface area contributed by atoms with Crippen LogP contribution in [0.15, 0.2) is 42.6 Å². The van der Waals surface area contributed by atoms with Gasteiger partial charge in [0.15, 0.2) is 0 Å². The standard InChI is InChI=1S/C19H22FN3O/c1-13(16-6-4-5-7-17(16)20)23(15-8-9-15)19(24)14-10-11-21-18(12-14)22(2)3/h4-7,10-13,15H,8-9H2,1-3H3. The monoisotopic (exact) mass is 327 g/mol. The minimum Gasteiger partial charge on any atom is -0.363 e. The van der Waals surface area contributed by atoms with Gasteiger partial charge >= 0.3 is 0 Å². The van der Waals surface area contributed by atoms with Crippen LogP contribution in [0.25, 0.3) is 0 Å². The van der Waals surface area contributed by atoms with Gasteiger partial charge in [0.1, 0.15) is 11.6 Å². The Labute approximate surface area is 141 Å². The first-order valence-electron chi connectivity index (χ1n) is 8.19. The van der Waals surface area contributed by atoms with Crippen molar-refractivity contribution in [1.82, 2.24) is 9.88 Å². The lowest BCUT2D eigenvalue weighted by Crippen LogP contribution is -2.36. The van der Waals surface area contributed by atoms with Crippen molar-refractivity contribution in [2.45, 2.75) is 31.8 Å². The van der Waals surface area contributed by atoms with Crippen molar-refractivity contribution in [2.24, 2.45) is 0 Å². The number of benzene rings is 1. The Kier molecular flexibility index (Phi) is 4.51. The van der Waals surface area contributed by atoms with E-state index in [0.29, 0.717) is 11.1 Å². The van der Waals surface area contributed by atoms with Crippen molar-refractivity contribution < 1.29 is 9.18 Å². The fourth-order valence-electron chi connectivity index (χ4n) is 2.92. The second-order valence-electron chi connectivity index (χ2n) is 6.44. The molecular formula is C19H22FN3O. The molecule has 4 nitrogen and oxygen atoms in total. The molecule has 1 amide bonds. The summed E-state index contributed by atoms with van der Waals surface area (Å²) < 4.78 is 14.2. The van der Waals surface area contributed by atoms with E-state index in [4.69, 9.17) is 0 Å². The van der Waals surface area contributed by atoms with E-state index in [-0.39, 0.29) is 23.8 Å². The fraction of sp³-hybridized carbons (Fsp3) is 0.368. The van der Waals surface area contributed by atoms with E-state index in [0.717, 1.165) is 18.7 Å². The number of halogens is 1. The lowest BCUT2D eigenvalue weighted by Gasteiger charge is -2.30. The van der Waals surface area contributed by atoms with Crippen LogP contribution < -0.4 is 4.90 Å². The lowest BCUT2D eigenvalue weighted by atomic mass is 10.0. The number of hydrogen-bond acceptors (Lipinski definition) is 3. The van der Waals surface area contributed by atoms with E-state index in [9.17, 15) is 9.18 Å². The van der Waals surface area contributed by atoms with Gasteiger partial charge in [-0.25, -0.2) is 9.37 Å². The Bertz CT molecular complexity index is 743. The summed E-state index contributed by atoms with van der Waals surface area (Å²) >= 11 is 0. The summed E-state index contributed by atoms with van der Waals surface area (Å²) in [5, 5.41) is 0. The highest BCUT2D eigenvalue weighted by Crippen LogP contribution is 2.36. The third-order valence-corrected chi connectivity index (χ3v) is 4.40. The molecular weight excluding hydrogens is 305 g/mol. The number of carbonyl (C=O) groups is 1. The maximum atomic E-state index is 14.2. The summed E-state index contributed by atoms with van der Waals surface area (Å²) in [6.45, 7) is 1.89. The van der Waals surface area contributed by atoms with E-state index >= 15 is 0 Å². The number of anilines is 1. The second-order valence-corrected chi connectivity index (χ2v) is 6.44. The van der Waals surface area contributed by atoms with Crippen LogP contribution in [0.1, 0.15) is 41.7 Å². The topological polar surface area (TPSA) is 36.4 Å². The summed E-state index contributed by atoms with van der Waals surface area (Å²) in [5.41, 5.74) is 1.14. The number of aromatic nitrogens is 1. The molecule has 2 aromatic rings. The van der Waals surface area contributed by atoms with Crippen LogP contribution in [0, 0.1) is 5.82 Å². The van der Waals surface area contributed by atoms with Gasteiger partial charge < -0.3 is 9.80 Å². The SMILES string of the molecule is CC(c1ccccc1F)N(C(=O)c1ccnc(N(C)C)c1)C1CC1. The van der Waals surface area contributed by atoms with E-state index < -0.39 is 0 Å². The molecule has 126 valence electrons. The summed E-state index contributed by atoms with van der Waals surface area (Å²) in [7, 11) is 3.77. The molecule has 5 heteroatoms. The molecule has 24 heavy (non-hydrogen) atoms. The number of rotatable bonds is 5. The van der Waals surface area contributed by atoms with Gasteiger partial charge in [-0.05, 0) is 38.0 Å². The highest BCUT2D eigenvalue weighted by Gasteiger charge is 2.37. The first-order valence-corrected chi connectivity index (χ1v) is 8.19.